The lowest BCUT2D eigenvalue weighted by Gasteiger charge is -2.31. The summed E-state index contributed by atoms with van der Waals surface area (Å²) in [7, 11) is 1.58. The van der Waals surface area contributed by atoms with Gasteiger partial charge in [-0.15, -0.1) is 0 Å². The number of carbonyl (C=O) groups is 2. The summed E-state index contributed by atoms with van der Waals surface area (Å²) in [6.45, 7) is 2.97. The molecule has 0 radical (unpaired) electrons. The standard InChI is InChI=1S/C22H27ClN2O3/c1-3-21(26)25(16-18-9-11-19(23)12-10-18)20(22(27)24-13-14-28-2)15-17-7-5-4-6-8-17/h4-12,20H,3,13-16H2,1-2H3,(H,24,27). The second-order valence-electron chi connectivity index (χ2n) is 6.49. The molecule has 2 amide bonds. The Kier molecular flexibility index (Phi) is 8.98. The van der Waals surface area contributed by atoms with Crippen LogP contribution in [-0.2, 0) is 27.3 Å². The van der Waals surface area contributed by atoms with Crippen molar-refractivity contribution < 1.29 is 14.3 Å². The van der Waals surface area contributed by atoms with Crippen LogP contribution in [0.4, 0.5) is 0 Å². The van der Waals surface area contributed by atoms with Gasteiger partial charge >= 0.3 is 0 Å². The molecule has 2 rings (SSSR count). The maximum absolute atomic E-state index is 12.9. The van der Waals surface area contributed by atoms with E-state index in [1.807, 2.05) is 42.5 Å². The summed E-state index contributed by atoms with van der Waals surface area (Å²) >= 11 is 5.97. The van der Waals surface area contributed by atoms with Crippen molar-refractivity contribution in [1.29, 1.82) is 0 Å². The monoisotopic (exact) mass is 402 g/mol. The first kappa shape index (κ1) is 21.9. The van der Waals surface area contributed by atoms with Gasteiger partial charge in [-0.2, -0.15) is 0 Å². The van der Waals surface area contributed by atoms with E-state index >= 15 is 0 Å². The van der Waals surface area contributed by atoms with Crippen molar-refractivity contribution >= 4 is 23.4 Å². The van der Waals surface area contributed by atoms with Crippen LogP contribution in [0.2, 0.25) is 5.02 Å². The van der Waals surface area contributed by atoms with Crippen LogP contribution in [0.5, 0.6) is 0 Å². The van der Waals surface area contributed by atoms with Crippen LogP contribution in [0.15, 0.2) is 54.6 Å². The molecule has 0 aliphatic carbocycles. The highest BCUT2D eigenvalue weighted by Crippen LogP contribution is 2.17. The van der Waals surface area contributed by atoms with Gasteiger partial charge in [0.1, 0.15) is 6.04 Å². The van der Waals surface area contributed by atoms with Crippen molar-refractivity contribution in [2.24, 2.45) is 0 Å². The Balaban J connectivity index is 2.28. The molecule has 1 N–H and O–H groups in total. The van der Waals surface area contributed by atoms with E-state index in [0.29, 0.717) is 37.6 Å². The second-order valence-corrected chi connectivity index (χ2v) is 6.93. The Labute approximate surface area is 171 Å². The first-order valence-corrected chi connectivity index (χ1v) is 9.77. The Morgan fingerprint density at radius 1 is 1.07 bits per heavy atom. The molecule has 1 atom stereocenters. The lowest BCUT2D eigenvalue weighted by molar-refractivity contribution is -0.141. The maximum Gasteiger partial charge on any atom is 0.243 e. The van der Waals surface area contributed by atoms with Crippen molar-refractivity contribution in [2.45, 2.75) is 32.4 Å². The smallest absolute Gasteiger partial charge is 0.243 e. The molecule has 0 aromatic heterocycles. The number of rotatable bonds is 10. The molecule has 0 aliphatic heterocycles. The third kappa shape index (κ3) is 6.66. The summed E-state index contributed by atoms with van der Waals surface area (Å²) in [6.07, 6.45) is 0.767. The van der Waals surface area contributed by atoms with Crippen molar-refractivity contribution in [3.63, 3.8) is 0 Å². The van der Waals surface area contributed by atoms with E-state index in [0.717, 1.165) is 11.1 Å². The number of halogens is 1. The van der Waals surface area contributed by atoms with E-state index in [9.17, 15) is 9.59 Å². The van der Waals surface area contributed by atoms with E-state index < -0.39 is 6.04 Å². The fourth-order valence-corrected chi connectivity index (χ4v) is 3.06. The first-order valence-electron chi connectivity index (χ1n) is 9.39. The van der Waals surface area contributed by atoms with E-state index in [1.54, 1.807) is 31.1 Å². The lowest BCUT2D eigenvalue weighted by Crippen LogP contribution is -2.50. The van der Waals surface area contributed by atoms with E-state index in [2.05, 4.69) is 5.32 Å². The van der Waals surface area contributed by atoms with Gasteiger partial charge in [-0.1, -0.05) is 61.0 Å². The van der Waals surface area contributed by atoms with E-state index in [-0.39, 0.29) is 11.8 Å². The molecule has 2 aromatic carbocycles. The first-order chi connectivity index (χ1) is 13.5. The number of nitrogens with one attached hydrogen (secondary N) is 1. The summed E-state index contributed by atoms with van der Waals surface area (Å²) in [4.78, 5) is 27.3. The van der Waals surface area contributed by atoms with Gasteiger partial charge in [-0.3, -0.25) is 9.59 Å². The average Bonchev–Trinajstić information content (AvgIpc) is 2.72. The van der Waals surface area contributed by atoms with Crippen LogP contribution < -0.4 is 5.32 Å². The molecule has 5 nitrogen and oxygen atoms in total. The molecule has 0 bridgehead atoms. The van der Waals surface area contributed by atoms with Crippen LogP contribution in [0.3, 0.4) is 0 Å². The van der Waals surface area contributed by atoms with Gasteiger partial charge in [0, 0.05) is 38.1 Å². The highest BCUT2D eigenvalue weighted by molar-refractivity contribution is 6.30. The van der Waals surface area contributed by atoms with Crippen LogP contribution in [0.1, 0.15) is 24.5 Å². The molecular weight excluding hydrogens is 376 g/mol. The van der Waals surface area contributed by atoms with E-state index in [1.165, 1.54) is 0 Å². The summed E-state index contributed by atoms with van der Waals surface area (Å²) in [5.74, 6) is -0.255. The molecule has 2 aromatic rings. The number of amides is 2. The highest BCUT2D eigenvalue weighted by atomic mass is 35.5. The number of hydrogen-bond donors (Lipinski definition) is 1. The van der Waals surface area contributed by atoms with Gasteiger partial charge in [0.15, 0.2) is 0 Å². The third-order valence-corrected chi connectivity index (χ3v) is 4.70. The zero-order chi connectivity index (χ0) is 20.4. The minimum atomic E-state index is -0.609. The largest absolute Gasteiger partial charge is 0.383 e. The van der Waals surface area contributed by atoms with Gasteiger partial charge in [-0.05, 0) is 23.3 Å². The molecule has 150 valence electrons. The quantitative estimate of drug-likeness (QED) is 0.619. The van der Waals surface area contributed by atoms with Crippen molar-refractivity contribution in [3.8, 4) is 0 Å². The van der Waals surface area contributed by atoms with Crippen molar-refractivity contribution in [1.82, 2.24) is 10.2 Å². The van der Waals surface area contributed by atoms with Crippen LogP contribution in [-0.4, -0.2) is 43.0 Å². The molecule has 0 fully saturated rings. The van der Waals surface area contributed by atoms with Gasteiger partial charge in [0.05, 0.1) is 6.61 Å². The minimum absolute atomic E-state index is 0.0715. The van der Waals surface area contributed by atoms with E-state index in [4.69, 9.17) is 16.3 Å². The molecular formula is C22H27ClN2O3. The maximum atomic E-state index is 12.9. The predicted octanol–water partition coefficient (Wildman–Crippen LogP) is 3.45. The number of methoxy groups -OCH3 is 1. The van der Waals surface area contributed by atoms with Crippen molar-refractivity contribution in [2.75, 3.05) is 20.3 Å². The topological polar surface area (TPSA) is 58.6 Å². The average molecular weight is 403 g/mol. The predicted molar refractivity (Wildman–Crippen MR) is 111 cm³/mol. The Hall–Kier alpha value is -2.37. The molecule has 0 spiro atoms. The van der Waals surface area contributed by atoms with Gasteiger partial charge in [0.25, 0.3) is 0 Å². The number of ether oxygens (including phenoxy) is 1. The molecule has 28 heavy (non-hydrogen) atoms. The highest BCUT2D eigenvalue weighted by Gasteiger charge is 2.29. The fourth-order valence-electron chi connectivity index (χ4n) is 2.94. The SMILES string of the molecule is CCC(=O)N(Cc1ccc(Cl)cc1)C(Cc1ccccc1)C(=O)NCCOC. The van der Waals surface area contributed by atoms with Crippen LogP contribution in [0.25, 0.3) is 0 Å². The molecule has 0 saturated carbocycles. The zero-order valence-electron chi connectivity index (χ0n) is 16.4. The van der Waals surface area contributed by atoms with Gasteiger partial charge < -0.3 is 15.0 Å². The zero-order valence-corrected chi connectivity index (χ0v) is 17.1. The summed E-state index contributed by atoms with van der Waals surface area (Å²) in [5, 5.41) is 3.51. The fraction of sp³-hybridized carbons (Fsp3) is 0.364. The third-order valence-electron chi connectivity index (χ3n) is 4.45. The molecule has 0 heterocycles. The Morgan fingerprint density at radius 3 is 2.36 bits per heavy atom. The number of carbonyl (C=O) groups excluding carboxylic acids is 2. The molecule has 6 heteroatoms. The lowest BCUT2D eigenvalue weighted by atomic mass is 10.0. The summed E-state index contributed by atoms with van der Waals surface area (Å²) in [5.41, 5.74) is 1.92. The number of hydrogen-bond acceptors (Lipinski definition) is 3. The molecule has 1 unspecified atom stereocenters. The summed E-state index contributed by atoms with van der Waals surface area (Å²) in [6, 6.07) is 16.4. The van der Waals surface area contributed by atoms with Crippen LogP contribution in [0, 0.1) is 0 Å². The Morgan fingerprint density at radius 2 is 1.75 bits per heavy atom. The van der Waals surface area contributed by atoms with Crippen molar-refractivity contribution in [3.05, 3.63) is 70.7 Å². The minimum Gasteiger partial charge on any atom is -0.383 e. The Bertz CT molecular complexity index is 750. The van der Waals surface area contributed by atoms with Gasteiger partial charge in [-0.25, -0.2) is 0 Å². The second kappa shape index (κ2) is 11.5. The molecule has 0 saturated heterocycles. The van der Waals surface area contributed by atoms with Crippen LogP contribution >= 0.6 is 11.6 Å². The number of benzene rings is 2. The number of nitrogens with zero attached hydrogens (tertiary/aromatic N) is 1. The normalized spacial score (nSPS) is 11.7. The van der Waals surface area contributed by atoms with Gasteiger partial charge in [0.2, 0.25) is 11.8 Å². The summed E-state index contributed by atoms with van der Waals surface area (Å²) < 4.78 is 5.02. The molecule has 0 aliphatic rings.